The lowest BCUT2D eigenvalue weighted by molar-refractivity contribution is 1.74. The number of benzene rings is 2. The molecule has 0 N–H and O–H groups in total. The van der Waals surface area contributed by atoms with Crippen molar-refractivity contribution in [3.05, 3.63) is 40.9 Å². The van der Waals surface area contributed by atoms with Crippen molar-refractivity contribution in [2.24, 2.45) is 0 Å². The van der Waals surface area contributed by atoms with Crippen molar-refractivity contribution in [2.45, 2.75) is 0 Å². The van der Waals surface area contributed by atoms with Gasteiger partial charge in [0.1, 0.15) is 7.85 Å². The van der Waals surface area contributed by atoms with Crippen LogP contribution in [0.1, 0.15) is 0 Å². The van der Waals surface area contributed by atoms with Crippen molar-refractivity contribution in [1.29, 1.82) is 0 Å². The third kappa shape index (κ3) is 1.16. The zero-order valence-electron chi connectivity index (χ0n) is 6.84. The Morgan fingerprint density at radius 3 is 2.33 bits per heavy atom. The Kier molecular flexibility index (Phi) is 1.93. The second-order valence-electron chi connectivity index (χ2n) is 2.91. The first-order valence-electron chi connectivity index (χ1n) is 3.93. The van der Waals surface area contributed by atoms with Crippen LogP contribution in [0.4, 0.5) is 0 Å². The van der Waals surface area contributed by atoms with E-state index in [2.05, 4.69) is 60.2 Å². The van der Waals surface area contributed by atoms with Gasteiger partial charge in [0.15, 0.2) is 0 Å². The molecule has 0 atom stereocenters. The van der Waals surface area contributed by atoms with E-state index in [1.807, 2.05) is 0 Å². The van der Waals surface area contributed by atoms with E-state index >= 15 is 0 Å². The van der Waals surface area contributed by atoms with Crippen LogP contribution in [-0.2, 0) is 0 Å². The average molecular weight is 219 g/mol. The number of rotatable bonds is 0. The lowest BCUT2D eigenvalue weighted by atomic mass is 9.90. The van der Waals surface area contributed by atoms with Crippen molar-refractivity contribution in [2.75, 3.05) is 0 Å². The Labute approximate surface area is 81.1 Å². The molecule has 0 aliphatic heterocycles. The first-order chi connectivity index (χ1) is 5.79. The highest BCUT2D eigenvalue weighted by molar-refractivity contribution is 9.10. The van der Waals surface area contributed by atoms with Gasteiger partial charge in [-0.3, -0.25) is 0 Å². The van der Waals surface area contributed by atoms with Crippen LogP contribution in [0.15, 0.2) is 40.9 Å². The summed E-state index contributed by atoms with van der Waals surface area (Å²) in [6, 6.07) is 12.6. The largest absolute Gasteiger partial charge is 0.140 e. The first-order valence-corrected chi connectivity index (χ1v) is 4.72. The van der Waals surface area contributed by atoms with Gasteiger partial charge in [-0.25, -0.2) is 0 Å². The van der Waals surface area contributed by atoms with Crippen LogP contribution in [0, 0.1) is 0 Å². The van der Waals surface area contributed by atoms with E-state index in [0.717, 1.165) is 0 Å². The fourth-order valence-electron chi connectivity index (χ4n) is 1.48. The molecule has 0 spiro atoms. The highest BCUT2D eigenvalue weighted by Crippen LogP contribution is 2.20. The summed E-state index contributed by atoms with van der Waals surface area (Å²) >= 11 is 3.55. The second-order valence-corrected chi connectivity index (χ2v) is 3.77. The summed E-state index contributed by atoms with van der Waals surface area (Å²) in [6.45, 7) is 0. The zero-order chi connectivity index (χ0) is 8.55. The Morgan fingerprint density at radius 2 is 1.67 bits per heavy atom. The Morgan fingerprint density at radius 1 is 1.00 bits per heavy atom. The van der Waals surface area contributed by atoms with Gasteiger partial charge in [-0.2, -0.15) is 0 Å². The summed E-state index contributed by atoms with van der Waals surface area (Å²) < 4.78 is 1.18. The fraction of sp³-hybridized carbons (Fsp3) is 0. The normalized spacial score (nSPS) is 10.4. The fourth-order valence-corrected chi connectivity index (χ4v) is 2.17. The minimum absolute atomic E-state index is 1.18. The molecule has 0 aromatic heterocycles. The maximum absolute atomic E-state index is 3.55. The van der Waals surface area contributed by atoms with Gasteiger partial charge >= 0.3 is 0 Å². The van der Waals surface area contributed by atoms with Crippen LogP contribution in [0.3, 0.4) is 0 Å². The van der Waals surface area contributed by atoms with Crippen LogP contribution in [-0.4, -0.2) is 7.85 Å². The smallest absolute Gasteiger partial charge is 0.0802 e. The molecule has 0 radical (unpaired) electrons. The predicted molar refractivity (Wildman–Crippen MR) is 59.8 cm³/mol. The maximum Gasteiger partial charge on any atom is 0.140 e. The van der Waals surface area contributed by atoms with Gasteiger partial charge in [-0.1, -0.05) is 51.7 Å². The minimum Gasteiger partial charge on any atom is -0.0802 e. The molecule has 0 nitrogen and oxygen atoms in total. The molecule has 58 valence electrons. The maximum atomic E-state index is 3.55. The topological polar surface area (TPSA) is 0 Å². The van der Waals surface area contributed by atoms with Crippen molar-refractivity contribution >= 4 is 40.0 Å². The molecule has 0 saturated carbocycles. The molecular formula is C10H8BBr. The number of halogens is 1. The molecule has 0 amide bonds. The molecule has 0 saturated heterocycles. The van der Waals surface area contributed by atoms with E-state index in [1.165, 1.54) is 20.7 Å². The monoisotopic (exact) mass is 218 g/mol. The number of hydrogen-bond acceptors (Lipinski definition) is 0. The summed E-state index contributed by atoms with van der Waals surface area (Å²) in [7, 11) is 2.13. The van der Waals surface area contributed by atoms with Gasteiger partial charge in [0.05, 0.1) is 0 Å². The molecule has 0 bridgehead atoms. The quantitative estimate of drug-likeness (QED) is 0.593. The molecule has 0 aliphatic rings. The first kappa shape index (κ1) is 7.87. The minimum atomic E-state index is 1.18. The zero-order valence-corrected chi connectivity index (χ0v) is 8.43. The molecule has 2 rings (SSSR count). The van der Waals surface area contributed by atoms with Gasteiger partial charge in [0.25, 0.3) is 0 Å². The third-order valence-corrected chi connectivity index (χ3v) is 2.72. The highest BCUT2D eigenvalue weighted by atomic mass is 79.9. The molecule has 2 heteroatoms. The SMILES string of the molecule is Bc1cccc2cccc(Br)c12. The Balaban J connectivity index is 2.96. The lowest BCUT2D eigenvalue weighted by Crippen LogP contribution is -2.02. The second kappa shape index (κ2) is 2.94. The van der Waals surface area contributed by atoms with Gasteiger partial charge in [0.2, 0.25) is 0 Å². The lowest BCUT2D eigenvalue weighted by Gasteiger charge is -2.03. The van der Waals surface area contributed by atoms with Gasteiger partial charge in [-0.05, 0) is 16.8 Å². The van der Waals surface area contributed by atoms with Crippen molar-refractivity contribution in [3.8, 4) is 0 Å². The molecular weight excluding hydrogens is 211 g/mol. The van der Waals surface area contributed by atoms with Crippen LogP contribution >= 0.6 is 15.9 Å². The van der Waals surface area contributed by atoms with E-state index in [-0.39, 0.29) is 0 Å². The summed E-state index contributed by atoms with van der Waals surface area (Å²) in [5.41, 5.74) is 1.32. The van der Waals surface area contributed by atoms with Crippen LogP contribution in [0.2, 0.25) is 0 Å². The standard InChI is InChI=1S/C10H8BBr/c11-8-5-1-3-7-4-2-6-9(12)10(7)8/h1-6H,11H2. The van der Waals surface area contributed by atoms with Crippen LogP contribution in [0.5, 0.6) is 0 Å². The van der Waals surface area contributed by atoms with Crippen molar-refractivity contribution in [1.82, 2.24) is 0 Å². The van der Waals surface area contributed by atoms with E-state index in [1.54, 1.807) is 0 Å². The van der Waals surface area contributed by atoms with Gasteiger partial charge < -0.3 is 0 Å². The third-order valence-electron chi connectivity index (χ3n) is 2.06. The highest BCUT2D eigenvalue weighted by Gasteiger charge is 1.98. The van der Waals surface area contributed by atoms with Gasteiger partial charge in [0, 0.05) is 4.47 Å². The summed E-state index contributed by atoms with van der Waals surface area (Å²) in [4.78, 5) is 0. The van der Waals surface area contributed by atoms with E-state index in [4.69, 9.17) is 0 Å². The van der Waals surface area contributed by atoms with Crippen molar-refractivity contribution in [3.63, 3.8) is 0 Å². The van der Waals surface area contributed by atoms with Crippen molar-refractivity contribution < 1.29 is 0 Å². The molecule has 12 heavy (non-hydrogen) atoms. The summed E-state index contributed by atoms with van der Waals surface area (Å²) in [5, 5.41) is 2.62. The van der Waals surface area contributed by atoms with E-state index < -0.39 is 0 Å². The molecule has 0 unspecified atom stereocenters. The molecule has 0 heterocycles. The predicted octanol–water partition coefficient (Wildman–Crippen LogP) is 1.86. The number of hydrogen-bond donors (Lipinski definition) is 0. The summed E-state index contributed by atoms with van der Waals surface area (Å²) in [5.74, 6) is 0. The van der Waals surface area contributed by atoms with Crippen LogP contribution in [0.25, 0.3) is 10.8 Å². The Bertz CT molecular complexity index is 386. The van der Waals surface area contributed by atoms with Crippen LogP contribution < -0.4 is 5.46 Å². The molecule has 2 aromatic rings. The molecule has 0 fully saturated rings. The Hall–Kier alpha value is -0.755. The number of fused-ring (bicyclic) bond motifs is 1. The van der Waals surface area contributed by atoms with Gasteiger partial charge in [-0.15, -0.1) is 0 Å². The van der Waals surface area contributed by atoms with E-state index in [0.29, 0.717) is 0 Å². The average Bonchev–Trinajstić information content (AvgIpc) is 2.04. The summed E-state index contributed by atoms with van der Waals surface area (Å²) in [6.07, 6.45) is 0. The molecule has 2 aromatic carbocycles. The van der Waals surface area contributed by atoms with E-state index in [9.17, 15) is 0 Å². The molecule has 0 aliphatic carbocycles.